The summed E-state index contributed by atoms with van der Waals surface area (Å²) >= 11 is 0. The van der Waals surface area contributed by atoms with Crippen LogP contribution in [0.2, 0.25) is 0 Å². The second-order valence-corrected chi connectivity index (χ2v) is 8.29. The maximum absolute atomic E-state index is 6.79. The highest BCUT2D eigenvalue weighted by Crippen LogP contribution is 2.39. The molecule has 4 aromatic carbocycles. The van der Waals surface area contributed by atoms with Crippen molar-refractivity contribution in [1.82, 2.24) is 4.57 Å². The fourth-order valence-corrected chi connectivity index (χ4v) is 4.54. The summed E-state index contributed by atoms with van der Waals surface area (Å²) in [7, 11) is 0. The molecule has 5 aromatic rings. The second kappa shape index (κ2) is 9.26. The lowest BCUT2D eigenvalue weighted by molar-refractivity contribution is 0.916. The number of rotatable bonds is 6. The third-order valence-corrected chi connectivity index (χ3v) is 6.20. The van der Waals surface area contributed by atoms with E-state index in [1.807, 2.05) is 60.7 Å². The third-order valence-electron chi connectivity index (χ3n) is 6.20. The zero-order valence-electron chi connectivity index (χ0n) is 18.9. The van der Waals surface area contributed by atoms with E-state index < -0.39 is 0 Å². The van der Waals surface area contributed by atoms with Gasteiger partial charge >= 0.3 is 0 Å². The highest BCUT2D eigenvalue weighted by atomic mass is 15.0. The number of benzene rings is 4. The number of aromatic nitrogens is 1. The molecule has 3 nitrogen and oxygen atoms in total. The zero-order valence-corrected chi connectivity index (χ0v) is 18.9. The topological polar surface area (TPSA) is 57.0 Å². The Labute approximate surface area is 200 Å². The Morgan fingerprint density at radius 3 is 2.21 bits per heavy atom. The first-order valence-corrected chi connectivity index (χ1v) is 11.4. The van der Waals surface area contributed by atoms with Crippen LogP contribution in [-0.2, 0) is 0 Å². The van der Waals surface area contributed by atoms with E-state index in [4.69, 9.17) is 11.5 Å². The summed E-state index contributed by atoms with van der Waals surface area (Å²) in [6, 6.07) is 34.6. The van der Waals surface area contributed by atoms with E-state index in [-0.39, 0.29) is 6.04 Å². The van der Waals surface area contributed by atoms with Gasteiger partial charge in [-0.2, -0.15) is 0 Å². The Morgan fingerprint density at radius 1 is 0.794 bits per heavy atom. The van der Waals surface area contributed by atoms with Gasteiger partial charge in [0.25, 0.3) is 0 Å². The number of allylic oxidation sites excluding steroid dienone is 2. The van der Waals surface area contributed by atoms with Crippen molar-refractivity contribution in [2.45, 2.75) is 6.04 Å². The SMILES string of the molecule is C=C/C(=C\C(N)c1ccccc1-c1c(N)ccc2ccn(-c3ccccc3)c12)c1ccccc1. The largest absolute Gasteiger partial charge is 0.398 e. The van der Waals surface area contributed by atoms with Gasteiger partial charge in [-0.25, -0.2) is 0 Å². The van der Waals surface area contributed by atoms with Gasteiger partial charge in [0.2, 0.25) is 0 Å². The van der Waals surface area contributed by atoms with Crippen molar-refractivity contribution in [3.05, 3.63) is 139 Å². The van der Waals surface area contributed by atoms with Crippen LogP contribution in [0.1, 0.15) is 17.2 Å². The van der Waals surface area contributed by atoms with Gasteiger partial charge < -0.3 is 16.0 Å². The summed E-state index contributed by atoms with van der Waals surface area (Å²) in [4.78, 5) is 0. The number of anilines is 1. The minimum atomic E-state index is -0.334. The van der Waals surface area contributed by atoms with Gasteiger partial charge in [0.05, 0.1) is 5.52 Å². The Bertz CT molecular complexity index is 1480. The minimum Gasteiger partial charge on any atom is -0.398 e. The van der Waals surface area contributed by atoms with Gasteiger partial charge in [0.1, 0.15) is 0 Å². The molecule has 1 aromatic heterocycles. The van der Waals surface area contributed by atoms with Crippen molar-refractivity contribution in [1.29, 1.82) is 0 Å². The summed E-state index contributed by atoms with van der Waals surface area (Å²) in [5.41, 5.74) is 21.4. The average molecular weight is 442 g/mol. The predicted molar refractivity (Wildman–Crippen MR) is 145 cm³/mol. The van der Waals surface area contributed by atoms with Crippen LogP contribution in [0.4, 0.5) is 5.69 Å². The lowest BCUT2D eigenvalue weighted by atomic mass is 9.91. The van der Waals surface area contributed by atoms with Crippen LogP contribution in [0.3, 0.4) is 0 Å². The maximum Gasteiger partial charge on any atom is 0.0627 e. The number of nitrogens with two attached hydrogens (primary N) is 2. The molecule has 34 heavy (non-hydrogen) atoms. The normalized spacial score (nSPS) is 12.6. The average Bonchev–Trinajstić information content (AvgIpc) is 3.32. The molecular formula is C31H27N3. The summed E-state index contributed by atoms with van der Waals surface area (Å²) in [5, 5.41) is 1.13. The van der Waals surface area contributed by atoms with E-state index in [9.17, 15) is 0 Å². The van der Waals surface area contributed by atoms with Crippen molar-refractivity contribution in [2.24, 2.45) is 5.73 Å². The first-order valence-electron chi connectivity index (χ1n) is 11.4. The van der Waals surface area contributed by atoms with Crippen LogP contribution in [0.25, 0.3) is 33.3 Å². The fraction of sp³-hybridized carbons (Fsp3) is 0.0323. The maximum atomic E-state index is 6.79. The Morgan fingerprint density at radius 2 is 1.47 bits per heavy atom. The van der Waals surface area contributed by atoms with E-state index in [0.29, 0.717) is 0 Å². The third kappa shape index (κ3) is 3.94. The molecule has 166 valence electrons. The second-order valence-electron chi connectivity index (χ2n) is 8.29. The smallest absolute Gasteiger partial charge is 0.0627 e. The van der Waals surface area contributed by atoms with Crippen LogP contribution in [-0.4, -0.2) is 4.57 Å². The molecule has 1 heterocycles. The quantitative estimate of drug-likeness (QED) is 0.217. The van der Waals surface area contributed by atoms with Gasteiger partial charge in [-0.3, -0.25) is 0 Å². The molecule has 0 aliphatic heterocycles. The van der Waals surface area contributed by atoms with E-state index >= 15 is 0 Å². The minimum absolute atomic E-state index is 0.334. The predicted octanol–water partition coefficient (Wildman–Crippen LogP) is 7.15. The molecule has 0 saturated heterocycles. The van der Waals surface area contributed by atoms with Gasteiger partial charge in [0.15, 0.2) is 0 Å². The molecule has 0 bridgehead atoms. The summed E-state index contributed by atoms with van der Waals surface area (Å²) in [6.45, 7) is 4.01. The molecule has 0 aliphatic rings. The summed E-state index contributed by atoms with van der Waals surface area (Å²) in [6.07, 6.45) is 6.01. The molecule has 5 rings (SSSR count). The van der Waals surface area contributed by atoms with E-state index in [0.717, 1.165) is 50.1 Å². The Kier molecular flexibility index (Phi) is 5.86. The van der Waals surface area contributed by atoms with E-state index in [2.05, 4.69) is 71.9 Å². The van der Waals surface area contributed by atoms with Gasteiger partial charge in [-0.15, -0.1) is 0 Å². The first kappa shape index (κ1) is 21.5. The number of fused-ring (bicyclic) bond motifs is 1. The van der Waals surface area contributed by atoms with Crippen molar-refractivity contribution < 1.29 is 0 Å². The van der Waals surface area contributed by atoms with Gasteiger partial charge in [-0.05, 0) is 46.5 Å². The van der Waals surface area contributed by atoms with Crippen LogP contribution in [0.15, 0.2) is 128 Å². The van der Waals surface area contributed by atoms with Gasteiger partial charge in [-0.1, -0.05) is 97.6 Å². The first-order chi connectivity index (χ1) is 16.7. The zero-order chi connectivity index (χ0) is 23.5. The number of hydrogen-bond donors (Lipinski definition) is 2. The fourth-order valence-electron chi connectivity index (χ4n) is 4.54. The Balaban J connectivity index is 1.69. The monoisotopic (exact) mass is 441 g/mol. The number of nitrogens with zero attached hydrogens (tertiary/aromatic N) is 1. The molecule has 0 saturated carbocycles. The molecule has 0 aliphatic carbocycles. The lowest BCUT2D eigenvalue weighted by Crippen LogP contribution is -2.10. The molecule has 0 radical (unpaired) electrons. The standard InChI is InChI=1S/C31H27N3/c1-2-22(23-11-5-3-6-12-23)21-29(33)26-15-9-10-16-27(26)30-28(32)18-17-24-19-20-34(31(24)30)25-13-7-4-8-14-25/h2-21,29H,1,32-33H2/b22-21+. The highest BCUT2D eigenvalue weighted by Gasteiger charge is 2.18. The number of nitrogen functional groups attached to an aromatic ring is 1. The van der Waals surface area contributed by atoms with Crippen LogP contribution in [0, 0.1) is 0 Å². The molecule has 0 spiro atoms. The van der Waals surface area contributed by atoms with Gasteiger partial charge in [0, 0.05) is 34.6 Å². The van der Waals surface area contributed by atoms with E-state index in [1.165, 1.54) is 0 Å². The molecule has 4 N–H and O–H groups in total. The Hall–Kier alpha value is -4.34. The molecule has 3 heteroatoms. The number of para-hydroxylation sites is 1. The molecule has 0 fully saturated rings. The van der Waals surface area contributed by atoms with Crippen LogP contribution >= 0.6 is 0 Å². The molecule has 1 unspecified atom stereocenters. The van der Waals surface area contributed by atoms with Crippen molar-refractivity contribution in [3.63, 3.8) is 0 Å². The summed E-state index contributed by atoms with van der Waals surface area (Å²) in [5.74, 6) is 0. The molecular weight excluding hydrogens is 414 g/mol. The lowest BCUT2D eigenvalue weighted by Gasteiger charge is -2.19. The highest BCUT2D eigenvalue weighted by molar-refractivity contribution is 6.02. The molecule has 0 amide bonds. The van der Waals surface area contributed by atoms with Crippen molar-refractivity contribution >= 4 is 22.2 Å². The van der Waals surface area contributed by atoms with Crippen molar-refractivity contribution in [3.8, 4) is 16.8 Å². The van der Waals surface area contributed by atoms with Crippen molar-refractivity contribution in [2.75, 3.05) is 5.73 Å². The van der Waals surface area contributed by atoms with Crippen LogP contribution in [0.5, 0.6) is 0 Å². The molecule has 1 atom stereocenters. The van der Waals surface area contributed by atoms with Crippen LogP contribution < -0.4 is 11.5 Å². The number of hydrogen-bond acceptors (Lipinski definition) is 2. The van der Waals surface area contributed by atoms with E-state index in [1.54, 1.807) is 0 Å². The summed E-state index contributed by atoms with van der Waals surface area (Å²) < 4.78 is 2.19.